The van der Waals surface area contributed by atoms with Gasteiger partial charge in [-0.3, -0.25) is 9.80 Å². The lowest BCUT2D eigenvalue weighted by Crippen LogP contribution is -2.47. The molecule has 1 aliphatic rings. The van der Waals surface area contributed by atoms with Crippen molar-refractivity contribution in [2.24, 2.45) is 0 Å². The second-order valence-electron chi connectivity index (χ2n) is 4.77. The second-order valence-corrected chi connectivity index (χ2v) is 5.94. The maximum absolute atomic E-state index is 9.92. The fourth-order valence-corrected chi connectivity index (χ4v) is 3.40. The summed E-state index contributed by atoms with van der Waals surface area (Å²) in [5, 5.41) is 9.92. The van der Waals surface area contributed by atoms with Crippen molar-refractivity contribution in [1.82, 2.24) is 9.80 Å². The third-order valence-corrected chi connectivity index (χ3v) is 4.99. The summed E-state index contributed by atoms with van der Waals surface area (Å²) in [4.78, 5) is 4.84. The minimum Gasteiger partial charge on any atom is -0.508 e. The van der Waals surface area contributed by atoms with E-state index in [2.05, 4.69) is 32.4 Å². The lowest BCUT2D eigenvalue weighted by molar-refractivity contribution is 0.0942. The lowest BCUT2D eigenvalue weighted by atomic mass is 10.1. The molecule has 0 bridgehead atoms. The summed E-state index contributed by atoms with van der Waals surface area (Å²) in [5.74, 6) is 0.392. The van der Waals surface area contributed by atoms with Crippen LogP contribution in [0.15, 0.2) is 24.3 Å². The highest BCUT2D eigenvalue weighted by Crippen LogP contribution is 2.34. The van der Waals surface area contributed by atoms with Gasteiger partial charge in [-0.15, -0.1) is 0 Å². The number of methoxy groups -OCH3 is 1. The highest BCUT2D eigenvalue weighted by Gasteiger charge is 2.24. The highest BCUT2D eigenvalue weighted by molar-refractivity contribution is 14.1. The number of phenolic OH excluding ortho intramolecular Hbond substituents is 1. The molecule has 0 aliphatic carbocycles. The van der Waals surface area contributed by atoms with E-state index in [0.717, 1.165) is 44.9 Å². The van der Waals surface area contributed by atoms with Crippen LogP contribution in [0.2, 0.25) is 0 Å². The number of halogens is 1. The predicted octanol–water partition coefficient (Wildman–Crippen LogP) is 2.09. The van der Waals surface area contributed by atoms with Crippen molar-refractivity contribution in [3.63, 3.8) is 0 Å². The first-order valence-corrected chi connectivity index (χ1v) is 7.84. The van der Waals surface area contributed by atoms with Crippen LogP contribution in [0, 0.1) is 0 Å². The summed E-state index contributed by atoms with van der Waals surface area (Å²) in [6, 6.07) is 7.61. The molecule has 0 radical (unpaired) electrons. The van der Waals surface area contributed by atoms with Crippen molar-refractivity contribution < 1.29 is 9.84 Å². The maximum Gasteiger partial charge on any atom is 0.121 e. The predicted molar refractivity (Wildman–Crippen MR) is 84.8 cm³/mol. The Kier molecular flexibility index (Phi) is 5.87. The number of phenols is 1. The third kappa shape index (κ3) is 4.05. The number of para-hydroxylation sites is 1. The Morgan fingerprint density at radius 2 is 1.95 bits per heavy atom. The largest absolute Gasteiger partial charge is 0.508 e. The van der Waals surface area contributed by atoms with Crippen LogP contribution in [0.4, 0.5) is 0 Å². The molecule has 2 rings (SSSR count). The summed E-state index contributed by atoms with van der Waals surface area (Å²) in [7, 11) is 1.75. The molecule has 1 aromatic rings. The molecular weight excluding hydrogens is 355 g/mol. The normalized spacial score (nSPS) is 19.5. The first kappa shape index (κ1) is 15.0. The smallest absolute Gasteiger partial charge is 0.121 e. The molecule has 1 atom stereocenters. The molecule has 1 fully saturated rings. The Labute approximate surface area is 128 Å². The summed E-state index contributed by atoms with van der Waals surface area (Å²) in [6.07, 6.45) is 0. The van der Waals surface area contributed by atoms with Gasteiger partial charge < -0.3 is 9.84 Å². The molecule has 1 aliphatic heterocycles. The first-order chi connectivity index (χ1) is 9.22. The molecule has 1 aromatic carbocycles. The van der Waals surface area contributed by atoms with Crippen LogP contribution in [-0.2, 0) is 4.74 Å². The van der Waals surface area contributed by atoms with E-state index in [0.29, 0.717) is 5.75 Å². The molecule has 0 aromatic heterocycles. The molecule has 1 N–H and O–H groups in total. The van der Waals surface area contributed by atoms with Crippen LogP contribution < -0.4 is 0 Å². The average Bonchev–Trinajstić information content (AvgIpc) is 2.45. The van der Waals surface area contributed by atoms with Crippen LogP contribution in [0.5, 0.6) is 5.75 Å². The zero-order valence-corrected chi connectivity index (χ0v) is 13.4. The van der Waals surface area contributed by atoms with E-state index in [-0.39, 0.29) is 4.05 Å². The summed E-state index contributed by atoms with van der Waals surface area (Å²) >= 11 is 2.41. The maximum atomic E-state index is 9.92. The van der Waals surface area contributed by atoms with Crippen molar-refractivity contribution in [2.75, 3.05) is 46.4 Å². The lowest BCUT2D eigenvalue weighted by Gasteiger charge is -2.37. The van der Waals surface area contributed by atoms with E-state index in [1.54, 1.807) is 13.2 Å². The number of piperazine rings is 1. The van der Waals surface area contributed by atoms with E-state index in [1.165, 1.54) is 0 Å². The van der Waals surface area contributed by atoms with Crippen molar-refractivity contribution in [1.29, 1.82) is 0 Å². The molecule has 0 spiro atoms. The van der Waals surface area contributed by atoms with Gasteiger partial charge in [0.25, 0.3) is 0 Å². The van der Waals surface area contributed by atoms with Crippen LogP contribution in [-0.4, -0.2) is 61.3 Å². The van der Waals surface area contributed by atoms with Crippen molar-refractivity contribution in [3.05, 3.63) is 29.8 Å². The van der Waals surface area contributed by atoms with Gasteiger partial charge in [0, 0.05) is 45.4 Å². The summed E-state index contributed by atoms with van der Waals surface area (Å²) < 4.78 is 5.35. The first-order valence-electron chi connectivity index (χ1n) is 6.59. The standard InChI is InChI=1S/C14H21IN2O2/c1-19-11-10-16-6-8-17(9-7-16)14(15)12-4-2-3-5-13(12)18/h2-5,14,18H,6-11H2,1H3. The number of nitrogens with zero attached hydrogens (tertiary/aromatic N) is 2. The Morgan fingerprint density at radius 3 is 2.58 bits per heavy atom. The molecule has 1 heterocycles. The minimum absolute atomic E-state index is 0.239. The van der Waals surface area contributed by atoms with Crippen LogP contribution in [0.3, 0.4) is 0 Å². The Morgan fingerprint density at radius 1 is 1.26 bits per heavy atom. The number of hydrogen-bond donors (Lipinski definition) is 1. The molecule has 0 amide bonds. The number of rotatable bonds is 5. The molecule has 1 unspecified atom stereocenters. The number of hydrogen-bond acceptors (Lipinski definition) is 4. The van der Waals surface area contributed by atoms with Gasteiger partial charge in [0.1, 0.15) is 5.75 Å². The van der Waals surface area contributed by atoms with Gasteiger partial charge >= 0.3 is 0 Å². The van der Waals surface area contributed by atoms with E-state index in [1.807, 2.05) is 18.2 Å². The van der Waals surface area contributed by atoms with E-state index in [4.69, 9.17) is 4.74 Å². The van der Waals surface area contributed by atoms with Gasteiger partial charge in [0.05, 0.1) is 10.7 Å². The molecule has 1 saturated heterocycles. The Balaban J connectivity index is 1.89. The topological polar surface area (TPSA) is 35.9 Å². The van der Waals surface area contributed by atoms with Gasteiger partial charge in [-0.1, -0.05) is 40.8 Å². The Bertz CT molecular complexity index is 395. The molecule has 19 heavy (non-hydrogen) atoms. The Hall–Kier alpha value is -0.370. The van der Waals surface area contributed by atoms with Gasteiger partial charge in [0.2, 0.25) is 0 Å². The number of alkyl halides is 1. The molecule has 0 saturated carbocycles. The zero-order valence-electron chi connectivity index (χ0n) is 11.3. The number of ether oxygens (including phenoxy) is 1. The fourth-order valence-electron chi connectivity index (χ4n) is 2.32. The zero-order chi connectivity index (χ0) is 13.7. The number of benzene rings is 1. The van der Waals surface area contributed by atoms with Gasteiger partial charge in [-0.05, 0) is 6.07 Å². The van der Waals surface area contributed by atoms with Gasteiger partial charge in [-0.25, -0.2) is 0 Å². The van der Waals surface area contributed by atoms with Crippen molar-refractivity contribution >= 4 is 22.6 Å². The van der Waals surface area contributed by atoms with Crippen molar-refractivity contribution in [2.45, 2.75) is 4.05 Å². The number of aromatic hydroxyl groups is 1. The monoisotopic (exact) mass is 376 g/mol. The van der Waals surface area contributed by atoms with E-state index < -0.39 is 0 Å². The summed E-state index contributed by atoms with van der Waals surface area (Å²) in [6.45, 7) is 6.00. The SMILES string of the molecule is COCCN1CCN(C(I)c2ccccc2O)CC1. The summed E-state index contributed by atoms with van der Waals surface area (Å²) in [5.41, 5.74) is 1.01. The van der Waals surface area contributed by atoms with E-state index in [9.17, 15) is 5.11 Å². The molecular formula is C14H21IN2O2. The average molecular weight is 376 g/mol. The van der Waals surface area contributed by atoms with Crippen LogP contribution >= 0.6 is 22.6 Å². The molecule has 4 nitrogen and oxygen atoms in total. The van der Waals surface area contributed by atoms with Crippen LogP contribution in [0.1, 0.15) is 9.61 Å². The molecule has 106 valence electrons. The third-order valence-electron chi connectivity index (χ3n) is 3.53. The second kappa shape index (κ2) is 7.42. The fraction of sp³-hybridized carbons (Fsp3) is 0.571. The minimum atomic E-state index is 0.239. The van der Waals surface area contributed by atoms with Crippen molar-refractivity contribution in [3.8, 4) is 5.75 Å². The van der Waals surface area contributed by atoms with Crippen LogP contribution in [0.25, 0.3) is 0 Å². The van der Waals surface area contributed by atoms with Gasteiger partial charge in [0.15, 0.2) is 0 Å². The van der Waals surface area contributed by atoms with E-state index >= 15 is 0 Å². The highest BCUT2D eigenvalue weighted by atomic mass is 127. The quantitative estimate of drug-likeness (QED) is 0.485. The van der Waals surface area contributed by atoms with Gasteiger partial charge in [-0.2, -0.15) is 0 Å². The molecule has 5 heteroatoms.